The third kappa shape index (κ3) is 3.58. The van der Waals surface area contributed by atoms with Crippen LogP contribution in [0.5, 0.6) is 0 Å². The summed E-state index contributed by atoms with van der Waals surface area (Å²) in [7, 11) is 0. The molecule has 1 atom stereocenters. The second kappa shape index (κ2) is 8.80. The number of carbonyl (C=O) groups is 1. The third-order valence-electron chi connectivity index (χ3n) is 2.64. The van der Waals surface area contributed by atoms with Crippen molar-refractivity contribution in [1.82, 2.24) is 0 Å². The summed E-state index contributed by atoms with van der Waals surface area (Å²) in [5, 5.41) is 0. The number of hydrogen-bond acceptors (Lipinski definition) is 2. The van der Waals surface area contributed by atoms with E-state index < -0.39 is 0 Å². The molecule has 17 heavy (non-hydrogen) atoms. The summed E-state index contributed by atoms with van der Waals surface area (Å²) in [6.45, 7) is 11.9. The number of para-hydroxylation sites is 1. The zero-order valence-corrected chi connectivity index (χ0v) is 11.7. The van der Waals surface area contributed by atoms with Crippen LogP contribution in [0.3, 0.4) is 0 Å². The first-order chi connectivity index (χ1) is 8.36. The number of carbonyl (C=O) groups excluding carboxylic acids is 1. The third-order valence-corrected chi connectivity index (χ3v) is 2.64. The average molecular weight is 235 g/mol. The molecule has 1 aliphatic rings. The van der Waals surface area contributed by atoms with Crippen molar-refractivity contribution in [2.45, 2.75) is 40.5 Å². The highest BCUT2D eigenvalue weighted by Gasteiger charge is 2.26. The highest BCUT2D eigenvalue weighted by molar-refractivity contribution is 5.74. The molecule has 2 nitrogen and oxygen atoms in total. The fourth-order valence-electron chi connectivity index (χ4n) is 1.94. The second-order valence-corrected chi connectivity index (χ2v) is 3.34. The van der Waals surface area contributed by atoms with Gasteiger partial charge in [-0.1, -0.05) is 45.9 Å². The summed E-state index contributed by atoms with van der Waals surface area (Å²) in [6, 6.07) is 8.15. The van der Waals surface area contributed by atoms with Gasteiger partial charge in [-0.05, 0) is 18.6 Å². The zero-order chi connectivity index (χ0) is 13.3. The van der Waals surface area contributed by atoms with Gasteiger partial charge in [-0.3, -0.25) is 0 Å². The van der Waals surface area contributed by atoms with Crippen molar-refractivity contribution < 1.29 is 4.79 Å². The number of benzene rings is 1. The topological polar surface area (TPSA) is 20.3 Å². The number of anilines is 1. The first kappa shape index (κ1) is 15.7. The highest BCUT2D eigenvalue weighted by Crippen LogP contribution is 2.34. The van der Waals surface area contributed by atoms with E-state index in [0.29, 0.717) is 0 Å². The maximum absolute atomic E-state index is 10.8. The SMILES string of the molecule is CC.CC.CCN1CC(C=O)c2ccccc21. The number of likely N-dealkylation sites (N-methyl/N-ethyl adjacent to an activating group) is 1. The van der Waals surface area contributed by atoms with Gasteiger partial charge >= 0.3 is 0 Å². The van der Waals surface area contributed by atoms with Crippen LogP contribution in [0, 0.1) is 0 Å². The van der Waals surface area contributed by atoms with Crippen LogP contribution in [0.2, 0.25) is 0 Å². The lowest BCUT2D eigenvalue weighted by Gasteiger charge is -2.15. The van der Waals surface area contributed by atoms with E-state index in [4.69, 9.17) is 0 Å². The van der Waals surface area contributed by atoms with Crippen LogP contribution in [0.25, 0.3) is 0 Å². The minimum Gasteiger partial charge on any atom is -0.371 e. The molecule has 1 heterocycles. The summed E-state index contributed by atoms with van der Waals surface area (Å²) in [5.74, 6) is 0.0798. The predicted molar refractivity (Wildman–Crippen MR) is 75.8 cm³/mol. The number of fused-ring (bicyclic) bond motifs is 1. The summed E-state index contributed by atoms with van der Waals surface area (Å²) >= 11 is 0. The standard InChI is InChI=1S/C11H13NO.2C2H6/c1-2-12-7-9(8-13)10-5-3-4-6-11(10)12;2*1-2/h3-6,8-9H,2,7H2,1H3;2*1-2H3. The molecule has 0 aliphatic carbocycles. The molecule has 0 fully saturated rings. The molecule has 0 saturated carbocycles. The second-order valence-electron chi connectivity index (χ2n) is 3.34. The molecule has 0 bridgehead atoms. The average Bonchev–Trinajstić information content (AvgIpc) is 2.81. The van der Waals surface area contributed by atoms with Crippen molar-refractivity contribution >= 4 is 12.0 Å². The Labute approximate surface area is 106 Å². The molecule has 0 spiro atoms. The monoisotopic (exact) mass is 235 g/mol. The van der Waals surface area contributed by atoms with E-state index >= 15 is 0 Å². The number of hydrogen-bond donors (Lipinski definition) is 0. The Balaban J connectivity index is 0.000000581. The Kier molecular flexibility index (Phi) is 8.12. The quantitative estimate of drug-likeness (QED) is 0.725. The van der Waals surface area contributed by atoms with Gasteiger partial charge < -0.3 is 9.69 Å². The number of rotatable bonds is 2. The summed E-state index contributed by atoms with van der Waals surface area (Å²) in [6.07, 6.45) is 1.05. The Hall–Kier alpha value is -1.31. The van der Waals surface area contributed by atoms with Crippen LogP contribution in [0.15, 0.2) is 24.3 Å². The Morgan fingerprint density at radius 3 is 2.35 bits per heavy atom. The fourth-order valence-corrected chi connectivity index (χ4v) is 1.94. The molecule has 96 valence electrons. The lowest BCUT2D eigenvalue weighted by molar-refractivity contribution is -0.108. The van der Waals surface area contributed by atoms with Crippen LogP contribution in [0.1, 0.15) is 46.1 Å². The van der Waals surface area contributed by atoms with Crippen LogP contribution in [0.4, 0.5) is 5.69 Å². The van der Waals surface area contributed by atoms with E-state index in [0.717, 1.165) is 19.4 Å². The molecule has 0 amide bonds. The van der Waals surface area contributed by atoms with Gasteiger partial charge in [0.1, 0.15) is 6.29 Å². The van der Waals surface area contributed by atoms with E-state index in [2.05, 4.69) is 17.9 Å². The van der Waals surface area contributed by atoms with Gasteiger partial charge in [0.2, 0.25) is 0 Å². The molecule has 1 aliphatic heterocycles. The molecule has 1 aromatic carbocycles. The number of nitrogens with zero attached hydrogens (tertiary/aromatic N) is 1. The van der Waals surface area contributed by atoms with E-state index in [1.807, 2.05) is 45.9 Å². The first-order valence-electron chi connectivity index (χ1n) is 6.66. The first-order valence-corrected chi connectivity index (χ1v) is 6.66. The molecular formula is C15H25NO. The molecule has 0 N–H and O–H groups in total. The Bertz CT molecular complexity index is 322. The molecule has 1 unspecified atom stereocenters. The van der Waals surface area contributed by atoms with Crippen molar-refractivity contribution in [2.75, 3.05) is 18.0 Å². The van der Waals surface area contributed by atoms with Gasteiger partial charge in [-0.25, -0.2) is 0 Å². The predicted octanol–water partition coefficient (Wildman–Crippen LogP) is 3.86. The maximum atomic E-state index is 10.8. The normalized spacial score (nSPS) is 16.1. The molecular weight excluding hydrogens is 210 g/mol. The Morgan fingerprint density at radius 2 is 1.82 bits per heavy atom. The molecule has 2 heteroatoms. The van der Waals surface area contributed by atoms with Crippen molar-refractivity contribution in [3.05, 3.63) is 29.8 Å². The van der Waals surface area contributed by atoms with Crippen LogP contribution in [-0.4, -0.2) is 19.4 Å². The van der Waals surface area contributed by atoms with Gasteiger partial charge in [0, 0.05) is 18.8 Å². The maximum Gasteiger partial charge on any atom is 0.129 e. The van der Waals surface area contributed by atoms with Crippen molar-refractivity contribution in [3.8, 4) is 0 Å². The Morgan fingerprint density at radius 1 is 1.24 bits per heavy atom. The minimum atomic E-state index is 0.0798. The lowest BCUT2D eigenvalue weighted by Crippen LogP contribution is -2.21. The van der Waals surface area contributed by atoms with E-state index in [1.54, 1.807) is 0 Å². The molecule has 2 rings (SSSR count). The van der Waals surface area contributed by atoms with Gasteiger partial charge in [0.05, 0.1) is 5.92 Å². The minimum absolute atomic E-state index is 0.0798. The van der Waals surface area contributed by atoms with E-state index in [1.165, 1.54) is 11.3 Å². The lowest BCUT2D eigenvalue weighted by atomic mass is 10.0. The largest absolute Gasteiger partial charge is 0.371 e. The van der Waals surface area contributed by atoms with E-state index in [-0.39, 0.29) is 5.92 Å². The summed E-state index contributed by atoms with van der Waals surface area (Å²) < 4.78 is 0. The van der Waals surface area contributed by atoms with Crippen LogP contribution >= 0.6 is 0 Å². The van der Waals surface area contributed by atoms with Gasteiger partial charge in [-0.2, -0.15) is 0 Å². The van der Waals surface area contributed by atoms with Gasteiger partial charge in [-0.15, -0.1) is 0 Å². The summed E-state index contributed by atoms with van der Waals surface area (Å²) in [4.78, 5) is 13.0. The highest BCUT2D eigenvalue weighted by atomic mass is 16.1. The number of aldehydes is 1. The molecule has 0 aromatic heterocycles. The fraction of sp³-hybridized carbons (Fsp3) is 0.533. The van der Waals surface area contributed by atoms with Crippen molar-refractivity contribution in [1.29, 1.82) is 0 Å². The smallest absolute Gasteiger partial charge is 0.129 e. The van der Waals surface area contributed by atoms with Gasteiger partial charge in [0.15, 0.2) is 0 Å². The van der Waals surface area contributed by atoms with Crippen LogP contribution < -0.4 is 4.90 Å². The van der Waals surface area contributed by atoms with Crippen molar-refractivity contribution in [2.24, 2.45) is 0 Å². The molecule has 1 aromatic rings. The molecule has 0 saturated heterocycles. The van der Waals surface area contributed by atoms with Crippen LogP contribution in [-0.2, 0) is 4.79 Å². The zero-order valence-electron chi connectivity index (χ0n) is 11.7. The van der Waals surface area contributed by atoms with E-state index in [9.17, 15) is 4.79 Å². The van der Waals surface area contributed by atoms with Gasteiger partial charge in [0.25, 0.3) is 0 Å². The molecule has 0 radical (unpaired) electrons. The van der Waals surface area contributed by atoms with Crippen molar-refractivity contribution in [3.63, 3.8) is 0 Å². The summed E-state index contributed by atoms with van der Waals surface area (Å²) in [5.41, 5.74) is 2.40.